The summed E-state index contributed by atoms with van der Waals surface area (Å²) in [6.07, 6.45) is 3.62. The molecular formula is C17H27IN6O. The number of benzene rings is 1. The van der Waals surface area contributed by atoms with Crippen LogP contribution in [-0.2, 0) is 11.3 Å². The minimum absolute atomic E-state index is 0. The number of aliphatic imine (C=N–C) groups is 1. The molecule has 2 aromatic rings. The van der Waals surface area contributed by atoms with Crippen molar-refractivity contribution < 1.29 is 4.74 Å². The van der Waals surface area contributed by atoms with Crippen molar-refractivity contribution in [3.05, 3.63) is 36.2 Å². The molecule has 0 spiro atoms. The molecule has 2 rings (SSSR count). The van der Waals surface area contributed by atoms with Crippen LogP contribution in [0.1, 0.15) is 25.3 Å². The number of aromatic amines is 1. The second kappa shape index (κ2) is 12.6. The molecule has 0 atom stereocenters. The molecule has 0 saturated heterocycles. The van der Waals surface area contributed by atoms with E-state index in [4.69, 9.17) is 4.74 Å². The van der Waals surface area contributed by atoms with Gasteiger partial charge in [0.2, 0.25) is 0 Å². The third-order valence-electron chi connectivity index (χ3n) is 3.51. The Morgan fingerprint density at radius 3 is 2.88 bits per heavy atom. The van der Waals surface area contributed by atoms with Gasteiger partial charge in [-0.05, 0) is 31.4 Å². The van der Waals surface area contributed by atoms with Gasteiger partial charge in [0.05, 0.1) is 0 Å². The molecule has 0 fully saturated rings. The summed E-state index contributed by atoms with van der Waals surface area (Å²) in [5.41, 5.74) is 2.17. The van der Waals surface area contributed by atoms with Gasteiger partial charge in [0.15, 0.2) is 11.8 Å². The van der Waals surface area contributed by atoms with Gasteiger partial charge in [-0.1, -0.05) is 18.2 Å². The summed E-state index contributed by atoms with van der Waals surface area (Å²) in [5, 5.41) is 13.4. The van der Waals surface area contributed by atoms with Gasteiger partial charge in [-0.3, -0.25) is 10.1 Å². The highest BCUT2D eigenvalue weighted by Gasteiger charge is 2.03. The van der Waals surface area contributed by atoms with Gasteiger partial charge in [0.1, 0.15) is 6.33 Å². The predicted molar refractivity (Wildman–Crippen MR) is 111 cm³/mol. The van der Waals surface area contributed by atoms with Crippen LogP contribution < -0.4 is 10.6 Å². The first-order valence-electron chi connectivity index (χ1n) is 8.30. The van der Waals surface area contributed by atoms with E-state index in [1.807, 2.05) is 19.1 Å². The largest absolute Gasteiger partial charge is 0.382 e. The molecule has 0 aliphatic heterocycles. The second-order valence-electron chi connectivity index (χ2n) is 5.29. The summed E-state index contributed by atoms with van der Waals surface area (Å²) >= 11 is 0. The summed E-state index contributed by atoms with van der Waals surface area (Å²) < 4.78 is 5.33. The number of hydrogen-bond donors (Lipinski definition) is 3. The number of nitrogens with zero attached hydrogens (tertiary/aromatic N) is 3. The molecule has 7 nitrogen and oxygen atoms in total. The Hall–Kier alpha value is -1.68. The zero-order valence-electron chi connectivity index (χ0n) is 14.8. The summed E-state index contributed by atoms with van der Waals surface area (Å²) in [6, 6.07) is 8.18. The van der Waals surface area contributed by atoms with E-state index in [0.717, 1.165) is 55.5 Å². The molecule has 3 N–H and O–H groups in total. The van der Waals surface area contributed by atoms with E-state index in [1.54, 1.807) is 7.05 Å². The number of guanidine groups is 1. The minimum Gasteiger partial charge on any atom is -0.382 e. The van der Waals surface area contributed by atoms with E-state index in [-0.39, 0.29) is 24.0 Å². The van der Waals surface area contributed by atoms with E-state index >= 15 is 0 Å². The highest BCUT2D eigenvalue weighted by Crippen LogP contribution is 2.15. The smallest absolute Gasteiger partial charge is 0.191 e. The summed E-state index contributed by atoms with van der Waals surface area (Å²) in [5.74, 6) is 1.57. The summed E-state index contributed by atoms with van der Waals surface area (Å²) in [4.78, 5) is 8.42. The average Bonchev–Trinajstić information content (AvgIpc) is 3.15. The molecule has 1 heterocycles. The molecule has 0 aliphatic rings. The Kier molecular flexibility index (Phi) is 10.8. The SMILES string of the molecule is CCOCCCCNC(=NC)NCc1cccc(-c2ncn[nH]2)c1.I. The van der Waals surface area contributed by atoms with Crippen LogP contribution in [0.4, 0.5) is 0 Å². The van der Waals surface area contributed by atoms with Crippen molar-refractivity contribution in [3.8, 4) is 11.4 Å². The third kappa shape index (κ3) is 7.82. The lowest BCUT2D eigenvalue weighted by molar-refractivity contribution is 0.143. The minimum atomic E-state index is 0. The number of halogens is 1. The number of aromatic nitrogens is 3. The van der Waals surface area contributed by atoms with E-state index in [0.29, 0.717) is 6.54 Å². The first-order chi connectivity index (χ1) is 11.8. The first-order valence-corrected chi connectivity index (χ1v) is 8.30. The fourth-order valence-corrected chi connectivity index (χ4v) is 2.26. The van der Waals surface area contributed by atoms with Crippen LogP contribution in [0.2, 0.25) is 0 Å². The molecule has 8 heteroatoms. The van der Waals surface area contributed by atoms with Crippen molar-refractivity contribution in [2.45, 2.75) is 26.3 Å². The van der Waals surface area contributed by atoms with Gasteiger partial charge in [-0.15, -0.1) is 24.0 Å². The third-order valence-corrected chi connectivity index (χ3v) is 3.51. The van der Waals surface area contributed by atoms with Crippen molar-refractivity contribution in [2.75, 3.05) is 26.8 Å². The normalized spacial score (nSPS) is 11.0. The summed E-state index contributed by atoms with van der Waals surface area (Å²) in [7, 11) is 1.78. The van der Waals surface area contributed by atoms with Gasteiger partial charge >= 0.3 is 0 Å². The van der Waals surface area contributed by atoms with Crippen LogP contribution in [-0.4, -0.2) is 47.9 Å². The molecular weight excluding hydrogens is 431 g/mol. The number of ether oxygens (including phenoxy) is 1. The van der Waals surface area contributed by atoms with Crippen LogP contribution in [0.15, 0.2) is 35.6 Å². The molecule has 1 aromatic heterocycles. The number of H-pyrrole nitrogens is 1. The van der Waals surface area contributed by atoms with Gasteiger partial charge in [-0.25, -0.2) is 4.98 Å². The fraction of sp³-hybridized carbons (Fsp3) is 0.471. The van der Waals surface area contributed by atoms with Gasteiger partial charge in [0, 0.05) is 38.9 Å². The maximum absolute atomic E-state index is 5.33. The van der Waals surface area contributed by atoms with Crippen molar-refractivity contribution in [1.82, 2.24) is 25.8 Å². The Morgan fingerprint density at radius 2 is 2.16 bits per heavy atom. The quantitative estimate of drug-likeness (QED) is 0.233. The van der Waals surface area contributed by atoms with Crippen molar-refractivity contribution >= 4 is 29.9 Å². The van der Waals surface area contributed by atoms with Crippen LogP contribution in [0, 0.1) is 0 Å². The maximum Gasteiger partial charge on any atom is 0.191 e. The van der Waals surface area contributed by atoms with Crippen molar-refractivity contribution in [1.29, 1.82) is 0 Å². The molecule has 0 bridgehead atoms. The Labute approximate surface area is 166 Å². The number of hydrogen-bond acceptors (Lipinski definition) is 4. The molecule has 0 radical (unpaired) electrons. The van der Waals surface area contributed by atoms with Crippen molar-refractivity contribution in [2.24, 2.45) is 4.99 Å². The molecule has 1 aromatic carbocycles. The Balaban J connectivity index is 0.00000312. The first kappa shape index (κ1) is 21.4. The number of nitrogens with one attached hydrogen (secondary N) is 3. The fourth-order valence-electron chi connectivity index (χ4n) is 2.26. The summed E-state index contributed by atoms with van der Waals surface area (Å²) in [6.45, 7) is 5.19. The number of rotatable bonds is 9. The van der Waals surface area contributed by atoms with Gasteiger partial charge < -0.3 is 15.4 Å². The molecule has 0 amide bonds. The van der Waals surface area contributed by atoms with E-state index in [2.05, 4.69) is 42.9 Å². The highest BCUT2D eigenvalue weighted by molar-refractivity contribution is 14.0. The van der Waals surface area contributed by atoms with Crippen LogP contribution >= 0.6 is 24.0 Å². The maximum atomic E-state index is 5.33. The lowest BCUT2D eigenvalue weighted by atomic mass is 10.1. The standard InChI is InChI=1S/C17H26N6O.HI/c1-3-24-10-5-4-9-19-17(18-2)20-12-14-7-6-8-15(11-14)16-21-13-22-23-16;/h6-8,11,13H,3-5,9-10,12H2,1-2H3,(H2,18,19,20)(H,21,22,23);1H. The van der Waals surface area contributed by atoms with Gasteiger partial charge in [0.25, 0.3) is 0 Å². The van der Waals surface area contributed by atoms with E-state index in [9.17, 15) is 0 Å². The highest BCUT2D eigenvalue weighted by atomic mass is 127. The molecule has 25 heavy (non-hydrogen) atoms. The van der Waals surface area contributed by atoms with E-state index < -0.39 is 0 Å². The second-order valence-corrected chi connectivity index (χ2v) is 5.29. The Morgan fingerprint density at radius 1 is 1.28 bits per heavy atom. The Bertz CT molecular complexity index is 617. The molecule has 0 unspecified atom stereocenters. The van der Waals surface area contributed by atoms with Crippen LogP contribution in [0.3, 0.4) is 0 Å². The average molecular weight is 458 g/mol. The molecule has 0 aliphatic carbocycles. The lowest BCUT2D eigenvalue weighted by Gasteiger charge is -2.12. The lowest BCUT2D eigenvalue weighted by Crippen LogP contribution is -2.37. The number of unbranched alkanes of at least 4 members (excludes halogenated alkanes) is 1. The van der Waals surface area contributed by atoms with Crippen molar-refractivity contribution in [3.63, 3.8) is 0 Å². The zero-order valence-corrected chi connectivity index (χ0v) is 17.1. The predicted octanol–water partition coefficient (Wildman–Crippen LogP) is 2.57. The van der Waals surface area contributed by atoms with E-state index in [1.165, 1.54) is 6.33 Å². The van der Waals surface area contributed by atoms with Crippen LogP contribution in [0.5, 0.6) is 0 Å². The van der Waals surface area contributed by atoms with Crippen LogP contribution in [0.25, 0.3) is 11.4 Å². The van der Waals surface area contributed by atoms with Gasteiger partial charge in [-0.2, -0.15) is 5.10 Å². The zero-order chi connectivity index (χ0) is 17.0. The monoisotopic (exact) mass is 458 g/mol. The molecule has 138 valence electrons. The topological polar surface area (TPSA) is 87.2 Å². The molecule has 0 saturated carbocycles.